The number of methoxy groups -OCH3 is 1. The Labute approximate surface area is 156 Å². The molecule has 0 bridgehead atoms. The topological polar surface area (TPSA) is 107 Å². The molecule has 2 heterocycles. The first-order valence-electron chi connectivity index (χ1n) is 8.98. The maximum Gasteiger partial charge on any atom is 0.162 e. The third kappa shape index (κ3) is 3.67. The molecule has 27 heavy (non-hydrogen) atoms. The number of anilines is 2. The number of ether oxygens (including phenoxy) is 2. The quantitative estimate of drug-likeness (QED) is 0.632. The fourth-order valence-electron chi connectivity index (χ4n) is 3.37. The van der Waals surface area contributed by atoms with Crippen molar-refractivity contribution in [3.63, 3.8) is 0 Å². The van der Waals surface area contributed by atoms with E-state index in [9.17, 15) is 5.11 Å². The predicted molar refractivity (Wildman–Crippen MR) is 102 cm³/mol. The molecule has 3 atom stereocenters. The van der Waals surface area contributed by atoms with E-state index in [1.54, 1.807) is 11.6 Å². The third-order valence-electron chi connectivity index (χ3n) is 4.86. The molecule has 0 saturated heterocycles. The van der Waals surface area contributed by atoms with Crippen molar-refractivity contribution in [3.8, 4) is 11.5 Å². The second kappa shape index (κ2) is 7.42. The van der Waals surface area contributed by atoms with Crippen molar-refractivity contribution in [2.45, 2.75) is 37.5 Å². The predicted octanol–water partition coefficient (Wildman–Crippen LogP) is 2.10. The summed E-state index contributed by atoms with van der Waals surface area (Å²) >= 11 is 0. The standard InChI is InChI=1S/C19H23N5O3/c1-26-13-4-2-3-12(9-13)23-19-18-17(7-8-24(18)22-11-21-19)27-14-5-6-15(20)16(25)10-14/h2-4,7-9,11,14-16,25H,5-6,10,20H2,1H3,(H,21,22,23)/t14?,15-,16-/m1/s1. The fourth-order valence-corrected chi connectivity index (χ4v) is 3.37. The fraction of sp³-hybridized carbons (Fsp3) is 0.368. The SMILES string of the molecule is COc1cccc(Nc2ncnn3ccc(OC4CC[C@@H](N)[C@H](O)C4)c23)c1. The first-order chi connectivity index (χ1) is 13.1. The number of aliphatic hydroxyl groups is 1. The van der Waals surface area contributed by atoms with Crippen LogP contribution >= 0.6 is 0 Å². The van der Waals surface area contributed by atoms with Crippen molar-refractivity contribution >= 4 is 17.0 Å². The van der Waals surface area contributed by atoms with Gasteiger partial charge in [-0.3, -0.25) is 0 Å². The van der Waals surface area contributed by atoms with Crippen LogP contribution in [0.3, 0.4) is 0 Å². The van der Waals surface area contributed by atoms with Crippen molar-refractivity contribution in [1.29, 1.82) is 0 Å². The molecule has 4 N–H and O–H groups in total. The van der Waals surface area contributed by atoms with Crippen LogP contribution < -0.4 is 20.5 Å². The second-order valence-electron chi connectivity index (χ2n) is 6.72. The number of hydrogen-bond acceptors (Lipinski definition) is 7. The smallest absolute Gasteiger partial charge is 0.162 e. The highest BCUT2D eigenvalue weighted by atomic mass is 16.5. The number of nitrogens with two attached hydrogens (primary N) is 1. The summed E-state index contributed by atoms with van der Waals surface area (Å²) in [6.07, 6.45) is 4.76. The van der Waals surface area contributed by atoms with Gasteiger partial charge in [0.25, 0.3) is 0 Å². The molecule has 1 aliphatic carbocycles. The monoisotopic (exact) mass is 369 g/mol. The number of hydrogen-bond donors (Lipinski definition) is 3. The van der Waals surface area contributed by atoms with E-state index in [0.717, 1.165) is 29.8 Å². The van der Waals surface area contributed by atoms with E-state index in [4.69, 9.17) is 15.2 Å². The van der Waals surface area contributed by atoms with Crippen molar-refractivity contribution in [2.75, 3.05) is 12.4 Å². The molecule has 0 spiro atoms. The Morgan fingerprint density at radius 1 is 1.30 bits per heavy atom. The lowest BCUT2D eigenvalue weighted by molar-refractivity contribution is 0.0399. The molecule has 0 amide bonds. The number of aliphatic hydroxyl groups excluding tert-OH is 1. The molecule has 8 nitrogen and oxygen atoms in total. The highest BCUT2D eigenvalue weighted by molar-refractivity contribution is 5.79. The second-order valence-corrected chi connectivity index (χ2v) is 6.72. The van der Waals surface area contributed by atoms with Gasteiger partial charge in [-0.15, -0.1) is 0 Å². The Hall–Kier alpha value is -2.84. The van der Waals surface area contributed by atoms with Gasteiger partial charge in [0.05, 0.1) is 13.2 Å². The zero-order valence-corrected chi connectivity index (χ0v) is 15.1. The van der Waals surface area contributed by atoms with Crippen LogP contribution in [0.2, 0.25) is 0 Å². The largest absolute Gasteiger partial charge is 0.497 e. The minimum absolute atomic E-state index is 0.0872. The lowest BCUT2D eigenvalue weighted by Crippen LogP contribution is -2.43. The number of rotatable bonds is 5. The third-order valence-corrected chi connectivity index (χ3v) is 4.86. The molecular weight excluding hydrogens is 346 g/mol. The first kappa shape index (κ1) is 17.6. The Morgan fingerprint density at radius 2 is 2.19 bits per heavy atom. The number of nitrogens with one attached hydrogen (secondary N) is 1. The number of nitrogens with zero attached hydrogens (tertiary/aromatic N) is 3. The Kier molecular flexibility index (Phi) is 4.83. The van der Waals surface area contributed by atoms with E-state index >= 15 is 0 Å². The van der Waals surface area contributed by atoms with E-state index in [0.29, 0.717) is 18.0 Å². The van der Waals surface area contributed by atoms with Gasteiger partial charge in [-0.2, -0.15) is 5.10 Å². The van der Waals surface area contributed by atoms with Gasteiger partial charge >= 0.3 is 0 Å². The summed E-state index contributed by atoms with van der Waals surface area (Å²) in [5.41, 5.74) is 7.48. The highest BCUT2D eigenvalue weighted by Crippen LogP contribution is 2.32. The molecule has 4 rings (SSSR count). The van der Waals surface area contributed by atoms with E-state index in [2.05, 4.69) is 15.4 Å². The van der Waals surface area contributed by atoms with Gasteiger partial charge in [-0.05, 0) is 25.0 Å². The van der Waals surface area contributed by atoms with Crippen LogP contribution in [0.5, 0.6) is 11.5 Å². The zero-order chi connectivity index (χ0) is 18.8. The molecule has 0 aliphatic heterocycles. The van der Waals surface area contributed by atoms with Crippen molar-refractivity contribution < 1.29 is 14.6 Å². The number of fused-ring (bicyclic) bond motifs is 1. The van der Waals surface area contributed by atoms with Crippen LogP contribution in [0.15, 0.2) is 42.9 Å². The van der Waals surface area contributed by atoms with Gasteiger partial charge in [0.15, 0.2) is 11.6 Å². The highest BCUT2D eigenvalue weighted by Gasteiger charge is 2.28. The molecule has 142 valence electrons. The lowest BCUT2D eigenvalue weighted by atomic mass is 9.91. The molecule has 1 fully saturated rings. The summed E-state index contributed by atoms with van der Waals surface area (Å²) in [6.45, 7) is 0. The van der Waals surface area contributed by atoms with Gasteiger partial charge in [0.1, 0.15) is 23.7 Å². The van der Waals surface area contributed by atoms with Crippen LogP contribution in [0, 0.1) is 0 Å². The van der Waals surface area contributed by atoms with E-state index in [1.165, 1.54) is 6.33 Å². The van der Waals surface area contributed by atoms with Crippen LogP contribution in [0.4, 0.5) is 11.5 Å². The number of aromatic nitrogens is 3. The van der Waals surface area contributed by atoms with Crippen LogP contribution in [-0.2, 0) is 0 Å². The van der Waals surface area contributed by atoms with Crippen molar-refractivity contribution in [2.24, 2.45) is 5.73 Å². The molecule has 1 aliphatic rings. The van der Waals surface area contributed by atoms with Crippen molar-refractivity contribution in [1.82, 2.24) is 14.6 Å². The summed E-state index contributed by atoms with van der Waals surface area (Å²) in [5.74, 6) is 2.06. The Morgan fingerprint density at radius 3 is 3.00 bits per heavy atom. The van der Waals surface area contributed by atoms with Gasteiger partial charge in [-0.25, -0.2) is 9.50 Å². The molecule has 2 aromatic heterocycles. The summed E-state index contributed by atoms with van der Waals surface area (Å²) in [5, 5.41) is 17.6. The minimum atomic E-state index is -0.539. The van der Waals surface area contributed by atoms with Crippen LogP contribution in [-0.4, -0.2) is 45.1 Å². The number of benzene rings is 1. The minimum Gasteiger partial charge on any atom is -0.497 e. The van der Waals surface area contributed by atoms with Gasteiger partial charge in [0.2, 0.25) is 0 Å². The first-order valence-corrected chi connectivity index (χ1v) is 8.98. The van der Waals surface area contributed by atoms with Crippen molar-refractivity contribution in [3.05, 3.63) is 42.9 Å². The van der Waals surface area contributed by atoms with E-state index in [-0.39, 0.29) is 12.1 Å². The molecule has 8 heteroatoms. The maximum absolute atomic E-state index is 10.0. The Balaban J connectivity index is 1.61. The van der Waals surface area contributed by atoms with Gasteiger partial charge in [0, 0.05) is 36.5 Å². The maximum atomic E-state index is 10.0. The van der Waals surface area contributed by atoms with Gasteiger partial charge in [-0.1, -0.05) is 6.07 Å². The van der Waals surface area contributed by atoms with Gasteiger partial charge < -0.3 is 25.6 Å². The molecule has 1 saturated carbocycles. The summed E-state index contributed by atoms with van der Waals surface area (Å²) in [6, 6.07) is 9.30. The lowest BCUT2D eigenvalue weighted by Gasteiger charge is -2.30. The van der Waals surface area contributed by atoms with E-state index < -0.39 is 6.10 Å². The summed E-state index contributed by atoms with van der Waals surface area (Å²) in [4.78, 5) is 4.38. The summed E-state index contributed by atoms with van der Waals surface area (Å²) in [7, 11) is 1.63. The average Bonchev–Trinajstić information content (AvgIpc) is 3.09. The Bertz CT molecular complexity index is 929. The van der Waals surface area contributed by atoms with Crippen LogP contribution in [0.1, 0.15) is 19.3 Å². The van der Waals surface area contributed by atoms with E-state index in [1.807, 2.05) is 36.5 Å². The zero-order valence-electron chi connectivity index (χ0n) is 15.1. The molecular formula is C19H23N5O3. The summed E-state index contributed by atoms with van der Waals surface area (Å²) < 4.78 is 13.2. The normalized spacial score (nSPS) is 22.6. The molecule has 1 unspecified atom stereocenters. The molecule has 3 aromatic rings. The molecule has 0 radical (unpaired) electrons. The molecule has 1 aromatic carbocycles. The average molecular weight is 369 g/mol. The van der Waals surface area contributed by atoms with Crippen LogP contribution in [0.25, 0.3) is 5.52 Å².